The lowest BCUT2D eigenvalue weighted by molar-refractivity contribution is -0.122. The first-order valence-electron chi connectivity index (χ1n) is 8.46. The molecule has 1 heterocycles. The molecule has 0 aliphatic heterocycles. The molecule has 0 spiro atoms. The number of hydrogen-bond donors (Lipinski definition) is 2. The van der Waals surface area contributed by atoms with Crippen molar-refractivity contribution >= 4 is 5.91 Å². The number of rotatable bonds is 8. The van der Waals surface area contributed by atoms with Gasteiger partial charge in [0.1, 0.15) is 12.4 Å². The predicted octanol–water partition coefficient (Wildman–Crippen LogP) is 2.73. The van der Waals surface area contributed by atoms with Crippen molar-refractivity contribution in [1.82, 2.24) is 10.3 Å². The standard InChI is InChI=1S/C20H26N2O3/c1-15(2)20(3,24)14-22-19(23)11-16-6-4-8-18(10-16)25-13-17-7-5-9-21-12-17/h4-10,12,15,24H,11,13-14H2,1-3H3,(H,22,23). The predicted molar refractivity (Wildman–Crippen MR) is 97.2 cm³/mol. The van der Waals surface area contributed by atoms with E-state index < -0.39 is 5.60 Å². The van der Waals surface area contributed by atoms with Gasteiger partial charge < -0.3 is 15.2 Å². The Balaban J connectivity index is 1.87. The highest BCUT2D eigenvalue weighted by Crippen LogP contribution is 2.16. The molecule has 1 atom stereocenters. The molecule has 2 N–H and O–H groups in total. The molecule has 0 fully saturated rings. The first-order chi connectivity index (χ1) is 11.9. The monoisotopic (exact) mass is 342 g/mol. The van der Waals surface area contributed by atoms with Crippen LogP contribution in [0.1, 0.15) is 31.9 Å². The third-order valence-corrected chi connectivity index (χ3v) is 4.28. The topological polar surface area (TPSA) is 71.5 Å². The van der Waals surface area contributed by atoms with Crippen LogP contribution in [0.4, 0.5) is 0 Å². The summed E-state index contributed by atoms with van der Waals surface area (Å²) in [4.78, 5) is 16.2. The summed E-state index contributed by atoms with van der Waals surface area (Å²) in [5, 5.41) is 13.0. The van der Waals surface area contributed by atoms with E-state index in [-0.39, 0.29) is 24.8 Å². The molecule has 1 aromatic carbocycles. The van der Waals surface area contributed by atoms with Crippen LogP contribution in [0.3, 0.4) is 0 Å². The third-order valence-electron chi connectivity index (χ3n) is 4.28. The molecule has 134 valence electrons. The number of carbonyl (C=O) groups is 1. The number of ether oxygens (including phenoxy) is 1. The molecule has 0 saturated heterocycles. The summed E-state index contributed by atoms with van der Waals surface area (Å²) in [6.45, 7) is 6.25. The molecule has 1 amide bonds. The Hall–Kier alpha value is -2.40. The molecule has 5 nitrogen and oxygen atoms in total. The van der Waals surface area contributed by atoms with Crippen LogP contribution in [0.25, 0.3) is 0 Å². The summed E-state index contributed by atoms with van der Waals surface area (Å²) in [5.74, 6) is 0.658. The summed E-state index contributed by atoms with van der Waals surface area (Å²) >= 11 is 0. The minimum absolute atomic E-state index is 0.0667. The largest absolute Gasteiger partial charge is 0.489 e. The minimum Gasteiger partial charge on any atom is -0.489 e. The lowest BCUT2D eigenvalue weighted by Crippen LogP contribution is -2.44. The molecule has 0 aliphatic carbocycles. The first kappa shape index (κ1) is 18.9. The van der Waals surface area contributed by atoms with Crippen LogP contribution in [0.2, 0.25) is 0 Å². The molecule has 0 bridgehead atoms. The normalized spacial score (nSPS) is 13.3. The summed E-state index contributed by atoms with van der Waals surface area (Å²) in [7, 11) is 0. The Labute approximate surface area is 149 Å². The average Bonchev–Trinajstić information content (AvgIpc) is 2.59. The molecule has 0 aliphatic rings. The van der Waals surface area contributed by atoms with Gasteiger partial charge in [-0.05, 0) is 36.6 Å². The molecular weight excluding hydrogens is 316 g/mol. The van der Waals surface area contributed by atoms with Crippen LogP contribution in [0, 0.1) is 5.92 Å². The maximum atomic E-state index is 12.1. The molecule has 1 unspecified atom stereocenters. The Kier molecular flexibility index (Phi) is 6.53. The van der Waals surface area contributed by atoms with Gasteiger partial charge in [-0.3, -0.25) is 9.78 Å². The smallest absolute Gasteiger partial charge is 0.224 e. The molecule has 2 aromatic rings. The number of benzene rings is 1. The van der Waals surface area contributed by atoms with Gasteiger partial charge in [0.15, 0.2) is 0 Å². The van der Waals surface area contributed by atoms with Gasteiger partial charge in [0.25, 0.3) is 0 Å². The second kappa shape index (κ2) is 8.62. The minimum atomic E-state index is -0.912. The van der Waals surface area contributed by atoms with E-state index in [4.69, 9.17) is 4.74 Å². The lowest BCUT2D eigenvalue weighted by atomic mass is 9.92. The summed E-state index contributed by atoms with van der Waals surface area (Å²) in [6.07, 6.45) is 3.73. The van der Waals surface area contributed by atoms with E-state index in [0.29, 0.717) is 12.4 Å². The number of aromatic nitrogens is 1. The van der Waals surface area contributed by atoms with E-state index in [0.717, 1.165) is 11.1 Å². The summed E-state index contributed by atoms with van der Waals surface area (Å²) in [5.41, 5.74) is 0.941. The first-order valence-corrected chi connectivity index (χ1v) is 8.46. The van der Waals surface area contributed by atoms with Crippen molar-refractivity contribution < 1.29 is 14.6 Å². The van der Waals surface area contributed by atoms with Gasteiger partial charge in [-0.25, -0.2) is 0 Å². The van der Waals surface area contributed by atoms with E-state index in [1.807, 2.05) is 50.2 Å². The fourth-order valence-corrected chi connectivity index (χ4v) is 2.12. The molecule has 0 radical (unpaired) electrons. The van der Waals surface area contributed by atoms with Gasteiger partial charge in [0.05, 0.1) is 12.0 Å². The maximum Gasteiger partial charge on any atom is 0.224 e. The van der Waals surface area contributed by atoms with Crippen LogP contribution in [0.5, 0.6) is 5.75 Å². The number of pyridine rings is 1. The van der Waals surface area contributed by atoms with Crippen LogP contribution in [-0.2, 0) is 17.8 Å². The van der Waals surface area contributed by atoms with Gasteiger partial charge >= 0.3 is 0 Å². The molecule has 2 rings (SSSR count). The quantitative estimate of drug-likeness (QED) is 0.774. The van der Waals surface area contributed by atoms with Crippen LogP contribution < -0.4 is 10.1 Å². The SMILES string of the molecule is CC(C)C(C)(O)CNC(=O)Cc1cccc(OCc2cccnc2)c1. The number of amides is 1. The zero-order chi connectivity index (χ0) is 18.3. The maximum absolute atomic E-state index is 12.1. The van der Waals surface area contributed by atoms with E-state index in [9.17, 15) is 9.90 Å². The van der Waals surface area contributed by atoms with Crippen molar-refractivity contribution in [2.45, 2.75) is 39.4 Å². The molecule has 5 heteroatoms. The van der Waals surface area contributed by atoms with E-state index in [1.54, 1.807) is 19.3 Å². The van der Waals surface area contributed by atoms with E-state index >= 15 is 0 Å². The molecular formula is C20H26N2O3. The fourth-order valence-electron chi connectivity index (χ4n) is 2.12. The van der Waals surface area contributed by atoms with Crippen molar-refractivity contribution in [3.05, 3.63) is 59.9 Å². The van der Waals surface area contributed by atoms with Crippen molar-refractivity contribution in [1.29, 1.82) is 0 Å². The average molecular weight is 342 g/mol. The van der Waals surface area contributed by atoms with Crippen molar-refractivity contribution in [3.8, 4) is 5.75 Å². The molecule has 0 saturated carbocycles. The number of nitrogens with zero attached hydrogens (tertiary/aromatic N) is 1. The molecule has 25 heavy (non-hydrogen) atoms. The third kappa shape index (κ3) is 6.19. The van der Waals surface area contributed by atoms with Crippen molar-refractivity contribution in [2.75, 3.05) is 6.54 Å². The summed E-state index contributed by atoms with van der Waals surface area (Å²) in [6, 6.07) is 11.3. The van der Waals surface area contributed by atoms with Crippen molar-refractivity contribution in [3.63, 3.8) is 0 Å². The highest BCUT2D eigenvalue weighted by molar-refractivity contribution is 5.78. The Morgan fingerprint density at radius 2 is 2.04 bits per heavy atom. The van der Waals surface area contributed by atoms with Crippen molar-refractivity contribution in [2.24, 2.45) is 5.92 Å². The number of hydrogen-bond acceptors (Lipinski definition) is 4. The zero-order valence-corrected chi connectivity index (χ0v) is 15.0. The van der Waals surface area contributed by atoms with Crippen LogP contribution in [-0.4, -0.2) is 28.1 Å². The van der Waals surface area contributed by atoms with Crippen LogP contribution in [0.15, 0.2) is 48.8 Å². The highest BCUT2D eigenvalue weighted by Gasteiger charge is 2.25. The van der Waals surface area contributed by atoms with Gasteiger partial charge in [0.2, 0.25) is 5.91 Å². The van der Waals surface area contributed by atoms with Gasteiger partial charge in [0, 0.05) is 24.5 Å². The van der Waals surface area contributed by atoms with Crippen LogP contribution >= 0.6 is 0 Å². The molecule has 1 aromatic heterocycles. The fraction of sp³-hybridized carbons (Fsp3) is 0.400. The lowest BCUT2D eigenvalue weighted by Gasteiger charge is -2.27. The Bertz CT molecular complexity index is 684. The Morgan fingerprint density at radius 1 is 1.28 bits per heavy atom. The second-order valence-electron chi connectivity index (χ2n) is 6.76. The Morgan fingerprint density at radius 3 is 2.72 bits per heavy atom. The summed E-state index contributed by atoms with van der Waals surface area (Å²) < 4.78 is 5.75. The number of carbonyl (C=O) groups excluding carboxylic acids is 1. The van der Waals surface area contributed by atoms with E-state index in [1.165, 1.54) is 0 Å². The number of nitrogens with one attached hydrogen (secondary N) is 1. The number of aliphatic hydroxyl groups is 1. The van der Waals surface area contributed by atoms with Gasteiger partial charge in [-0.2, -0.15) is 0 Å². The zero-order valence-electron chi connectivity index (χ0n) is 15.0. The van der Waals surface area contributed by atoms with E-state index in [2.05, 4.69) is 10.3 Å². The highest BCUT2D eigenvalue weighted by atomic mass is 16.5. The second-order valence-corrected chi connectivity index (χ2v) is 6.76. The van der Waals surface area contributed by atoms with Gasteiger partial charge in [-0.15, -0.1) is 0 Å². The van der Waals surface area contributed by atoms with Gasteiger partial charge in [-0.1, -0.05) is 32.0 Å².